The lowest BCUT2D eigenvalue weighted by Crippen LogP contribution is -2.25. The Morgan fingerprint density at radius 3 is 2.95 bits per heavy atom. The topological polar surface area (TPSA) is 21.3 Å². The molecule has 1 heterocycles. The minimum Gasteiger partial charge on any atom is -0.493 e. The van der Waals surface area contributed by atoms with Crippen molar-refractivity contribution in [1.29, 1.82) is 0 Å². The molecule has 0 fully saturated rings. The van der Waals surface area contributed by atoms with E-state index < -0.39 is 0 Å². The summed E-state index contributed by atoms with van der Waals surface area (Å²) >= 11 is 2.01. The molecule has 0 aromatic heterocycles. The number of rotatable bonds is 7. The molecule has 1 atom stereocenters. The van der Waals surface area contributed by atoms with Crippen molar-refractivity contribution in [1.82, 2.24) is 5.32 Å². The minimum atomic E-state index is 0.403. The Balaban J connectivity index is 2.14. The van der Waals surface area contributed by atoms with Crippen LogP contribution in [0.2, 0.25) is 0 Å². The van der Waals surface area contributed by atoms with E-state index in [0.717, 1.165) is 31.1 Å². The lowest BCUT2D eigenvalue weighted by atomic mass is 10.0. The van der Waals surface area contributed by atoms with Gasteiger partial charge in [-0.2, -0.15) is 11.8 Å². The number of para-hydroxylation sites is 1. The molecule has 1 aromatic carbocycles. The molecule has 3 heteroatoms. The summed E-state index contributed by atoms with van der Waals surface area (Å²) < 4.78 is 5.85. The van der Waals surface area contributed by atoms with Gasteiger partial charge < -0.3 is 10.1 Å². The Morgan fingerprint density at radius 2 is 2.21 bits per heavy atom. The lowest BCUT2D eigenvalue weighted by Gasteiger charge is -2.21. The highest BCUT2D eigenvalue weighted by atomic mass is 32.2. The van der Waals surface area contributed by atoms with E-state index in [-0.39, 0.29) is 0 Å². The first-order valence-corrected chi connectivity index (χ1v) is 8.36. The summed E-state index contributed by atoms with van der Waals surface area (Å²) in [5.74, 6) is 2.25. The fraction of sp³-hybridized carbons (Fsp3) is 0.625. The van der Waals surface area contributed by atoms with Crippen molar-refractivity contribution in [2.24, 2.45) is 0 Å². The van der Waals surface area contributed by atoms with Crippen LogP contribution in [0.3, 0.4) is 0 Å². The van der Waals surface area contributed by atoms with E-state index in [1.807, 2.05) is 11.8 Å². The summed E-state index contributed by atoms with van der Waals surface area (Å²) in [5, 5.41) is 4.34. The van der Waals surface area contributed by atoms with Crippen LogP contribution >= 0.6 is 11.8 Å². The van der Waals surface area contributed by atoms with Crippen LogP contribution < -0.4 is 10.1 Å². The third-order valence-corrected chi connectivity index (χ3v) is 4.55. The smallest absolute Gasteiger partial charge is 0.127 e. The first kappa shape index (κ1) is 14.7. The second-order valence-corrected chi connectivity index (χ2v) is 6.93. The highest BCUT2D eigenvalue weighted by Gasteiger charge is 2.21. The highest BCUT2D eigenvalue weighted by molar-refractivity contribution is 7.99. The molecule has 1 unspecified atom stereocenters. The van der Waals surface area contributed by atoms with E-state index in [0.29, 0.717) is 11.3 Å². The maximum atomic E-state index is 5.85. The molecule has 106 valence electrons. The molecule has 1 aliphatic heterocycles. The number of benzene rings is 1. The lowest BCUT2D eigenvalue weighted by molar-refractivity contribution is 0.349. The first-order chi connectivity index (χ1) is 9.22. The van der Waals surface area contributed by atoms with Crippen LogP contribution in [0.4, 0.5) is 0 Å². The SMILES string of the molecule is CCCNC(CSC(C)C)c1cccc2c1OCC2. The first-order valence-electron chi connectivity index (χ1n) is 7.32. The third kappa shape index (κ3) is 3.90. The van der Waals surface area contributed by atoms with Crippen molar-refractivity contribution < 1.29 is 4.74 Å². The standard InChI is InChI=1S/C16H25NOS/c1-4-9-17-15(11-19-12(2)3)14-7-5-6-13-8-10-18-16(13)14/h5-7,12,15,17H,4,8-11H2,1-3H3. The fourth-order valence-corrected chi connectivity index (χ4v) is 3.26. The van der Waals surface area contributed by atoms with Crippen LogP contribution in [-0.2, 0) is 6.42 Å². The van der Waals surface area contributed by atoms with Crippen LogP contribution in [0.1, 0.15) is 44.4 Å². The summed E-state index contributed by atoms with van der Waals surface area (Å²) in [4.78, 5) is 0. The normalized spacial score (nSPS) is 15.4. The van der Waals surface area contributed by atoms with E-state index in [2.05, 4.69) is 44.3 Å². The van der Waals surface area contributed by atoms with Gasteiger partial charge in [0.25, 0.3) is 0 Å². The number of fused-ring (bicyclic) bond motifs is 1. The number of thioether (sulfide) groups is 1. The molecule has 0 amide bonds. The zero-order valence-corrected chi connectivity index (χ0v) is 13.1. The van der Waals surface area contributed by atoms with Gasteiger partial charge in [-0.05, 0) is 23.8 Å². The van der Waals surface area contributed by atoms with Crippen molar-refractivity contribution in [2.45, 2.75) is 44.9 Å². The van der Waals surface area contributed by atoms with Gasteiger partial charge in [-0.1, -0.05) is 39.0 Å². The largest absolute Gasteiger partial charge is 0.493 e. The van der Waals surface area contributed by atoms with Gasteiger partial charge in [-0.15, -0.1) is 0 Å². The highest BCUT2D eigenvalue weighted by Crippen LogP contribution is 2.35. The Hall–Kier alpha value is -0.670. The average molecular weight is 279 g/mol. The molecule has 19 heavy (non-hydrogen) atoms. The van der Waals surface area contributed by atoms with Crippen molar-refractivity contribution in [3.05, 3.63) is 29.3 Å². The van der Waals surface area contributed by atoms with Crippen LogP contribution in [0.15, 0.2) is 18.2 Å². The molecule has 2 nitrogen and oxygen atoms in total. The van der Waals surface area contributed by atoms with Crippen molar-refractivity contribution in [3.63, 3.8) is 0 Å². The number of nitrogens with one attached hydrogen (secondary N) is 1. The molecular formula is C16H25NOS. The van der Waals surface area contributed by atoms with Crippen LogP contribution in [0.5, 0.6) is 5.75 Å². The number of ether oxygens (including phenoxy) is 1. The zero-order chi connectivity index (χ0) is 13.7. The number of hydrogen-bond acceptors (Lipinski definition) is 3. The van der Waals surface area contributed by atoms with Crippen molar-refractivity contribution >= 4 is 11.8 Å². The molecule has 0 spiro atoms. The maximum absolute atomic E-state index is 5.85. The third-order valence-electron chi connectivity index (χ3n) is 3.36. The van der Waals surface area contributed by atoms with Gasteiger partial charge in [0.05, 0.1) is 6.61 Å². The summed E-state index contributed by atoms with van der Waals surface area (Å²) in [6, 6.07) is 6.99. The predicted octanol–water partition coefficient (Wildman–Crippen LogP) is 3.80. The Kier molecular flexibility index (Phi) is 5.59. The molecule has 0 aliphatic carbocycles. The summed E-state index contributed by atoms with van der Waals surface area (Å²) in [6.45, 7) is 8.63. The Labute approximate surface area is 121 Å². The van der Waals surface area contributed by atoms with Gasteiger partial charge in [-0.25, -0.2) is 0 Å². The predicted molar refractivity (Wildman–Crippen MR) is 84.3 cm³/mol. The molecule has 1 N–H and O–H groups in total. The van der Waals surface area contributed by atoms with Crippen molar-refractivity contribution in [3.8, 4) is 5.75 Å². The van der Waals surface area contributed by atoms with E-state index in [1.165, 1.54) is 17.5 Å². The zero-order valence-electron chi connectivity index (χ0n) is 12.2. The van der Waals surface area contributed by atoms with Crippen LogP contribution in [0, 0.1) is 0 Å². The molecule has 0 radical (unpaired) electrons. The van der Waals surface area contributed by atoms with Gasteiger partial charge >= 0.3 is 0 Å². The molecule has 0 saturated carbocycles. The molecule has 0 saturated heterocycles. The molecule has 0 bridgehead atoms. The van der Waals surface area contributed by atoms with Gasteiger partial charge in [0.2, 0.25) is 0 Å². The molecule has 2 rings (SSSR count). The second kappa shape index (κ2) is 7.20. The quantitative estimate of drug-likeness (QED) is 0.820. The van der Waals surface area contributed by atoms with E-state index >= 15 is 0 Å². The summed E-state index contributed by atoms with van der Waals surface area (Å²) in [6.07, 6.45) is 2.22. The van der Waals surface area contributed by atoms with Gasteiger partial charge in [0.15, 0.2) is 0 Å². The average Bonchev–Trinajstić information content (AvgIpc) is 2.87. The fourth-order valence-electron chi connectivity index (χ4n) is 2.38. The molecular weight excluding hydrogens is 254 g/mol. The Morgan fingerprint density at radius 1 is 1.37 bits per heavy atom. The van der Waals surface area contributed by atoms with Gasteiger partial charge in [0, 0.05) is 23.8 Å². The minimum absolute atomic E-state index is 0.403. The summed E-state index contributed by atoms with van der Waals surface area (Å²) in [7, 11) is 0. The van der Waals surface area contributed by atoms with Gasteiger partial charge in [-0.3, -0.25) is 0 Å². The van der Waals surface area contributed by atoms with E-state index in [9.17, 15) is 0 Å². The second-order valence-electron chi connectivity index (χ2n) is 5.32. The summed E-state index contributed by atoms with van der Waals surface area (Å²) in [5.41, 5.74) is 2.71. The Bertz CT molecular complexity index is 406. The molecule has 1 aromatic rings. The van der Waals surface area contributed by atoms with Crippen molar-refractivity contribution in [2.75, 3.05) is 18.9 Å². The maximum Gasteiger partial charge on any atom is 0.127 e. The monoisotopic (exact) mass is 279 g/mol. The van der Waals surface area contributed by atoms with E-state index in [1.54, 1.807) is 0 Å². The van der Waals surface area contributed by atoms with Gasteiger partial charge in [0.1, 0.15) is 5.75 Å². The van der Waals surface area contributed by atoms with Crippen LogP contribution in [-0.4, -0.2) is 24.2 Å². The van der Waals surface area contributed by atoms with Crippen LogP contribution in [0.25, 0.3) is 0 Å². The van der Waals surface area contributed by atoms with E-state index in [4.69, 9.17) is 4.74 Å². The molecule has 1 aliphatic rings. The number of hydrogen-bond donors (Lipinski definition) is 1.